The molecule has 0 radical (unpaired) electrons. The van der Waals surface area contributed by atoms with E-state index in [1.54, 1.807) is 41.5 Å². The second-order valence-corrected chi connectivity index (χ2v) is 8.20. The van der Waals surface area contributed by atoms with Gasteiger partial charge in [-0.3, -0.25) is 9.78 Å². The molecule has 0 bridgehead atoms. The van der Waals surface area contributed by atoms with Crippen LogP contribution in [-0.4, -0.2) is 50.3 Å². The van der Waals surface area contributed by atoms with Crippen molar-refractivity contribution in [3.8, 4) is 0 Å². The van der Waals surface area contributed by atoms with Gasteiger partial charge in [-0.1, -0.05) is 48.5 Å². The van der Waals surface area contributed by atoms with Crippen molar-refractivity contribution in [1.82, 2.24) is 0 Å². The van der Waals surface area contributed by atoms with Crippen LogP contribution < -0.4 is 0 Å². The van der Waals surface area contributed by atoms with Gasteiger partial charge < -0.3 is 18.9 Å². The zero-order valence-corrected chi connectivity index (χ0v) is 21.3. The van der Waals surface area contributed by atoms with E-state index < -0.39 is 40.8 Å². The number of carbonyl (C=O) groups is 4. The zero-order valence-electron chi connectivity index (χ0n) is 21.3. The number of ether oxygens (including phenoxy) is 4. The van der Waals surface area contributed by atoms with E-state index >= 15 is 0 Å². The summed E-state index contributed by atoms with van der Waals surface area (Å²) in [6.45, 7) is 12.6. The van der Waals surface area contributed by atoms with Gasteiger partial charge in [-0.15, -0.1) is 0 Å². The Bertz CT molecular complexity index is 743. The summed E-state index contributed by atoms with van der Waals surface area (Å²) in [4.78, 5) is 60.2. The van der Waals surface area contributed by atoms with Crippen molar-refractivity contribution in [3.05, 3.63) is 23.2 Å². The Hall–Kier alpha value is -3.04. The van der Waals surface area contributed by atoms with Crippen molar-refractivity contribution >= 4 is 23.9 Å². The fraction of sp³-hybridized carbons (Fsp3) is 0.667. The smallest absolute Gasteiger partial charge is 0.379 e. The van der Waals surface area contributed by atoms with Gasteiger partial charge in [0.05, 0.1) is 38.1 Å². The number of hydrogen-bond acceptors (Lipinski definition) is 10. The van der Waals surface area contributed by atoms with E-state index in [4.69, 9.17) is 28.7 Å². The van der Waals surface area contributed by atoms with Crippen LogP contribution in [0.15, 0.2) is 23.2 Å². The first-order chi connectivity index (χ1) is 16.0. The summed E-state index contributed by atoms with van der Waals surface area (Å²) in [5.74, 6) is -4.93. The lowest BCUT2D eigenvalue weighted by Gasteiger charge is -2.23. The lowest BCUT2D eigenvalue weighted by molar-refractivity contribution is -0.237. The van der Waals surface area contributed by atoms with E-state index in [-0.39, 0.29) is 32.0 Å². The van der Waals surface area contributed by atoms with Crippen LogP contribution in [0.5, 0.6) is 0 Å². The molecule has 0 N–H and O–H groups in total. The average molecular weight is 487 g/mol. The second kappa shape index (κ2) is 16.6. The molecule has 10 nitrogen and oxygen atoms in total. The van der Waals surface area contributed by atoms with Crippen LogP contribution in [0.1, 0.15) is 74.1 Å². The van der Waals surface area contributed by atoms with Crippen molar-refractivity contribution < 1.29 is 47.9 Å². The van der Waals surface area contributed by atoms with Crippen LogP contribution in [0.4, 0.5) is 0 Å². The summed E-state index contributed by atoms with van der Waals surface area (Å²) >= 11 is 0. The maximum absolute atomic E-state index is 12.8. The Labute approximate surface area is 201 Å². The SMILES string of the molecule is CCCOC(=O)/C=C(/OO/C(C(=O)OCCC)=C(/C(=O)OCCC)C(C)(C)C)C(=O)OCCC. The third kappa shape index (κ3) is 11.7. The van der Waals surface area contributed by atoms with E-state index in [0.717, 1.165) is 6.08 Å². The minimum atomic E-state index is -1.01. The Morgan fingerprint density at radius 2 is 1.06 bits per heavy atom. The van der Waals surface area contributed by atoms with E-state index in [2.05, 4.69) is 0 Å². The molecule has 0 aromatic carbocycles. The molecule has 0 fully saturated rings. The summed E-state index contributed by atoms with van der Waals surface area (Å²) in [6, 6.07) is 0. The van der Waals surface area contributed by atoms with E-state index in [9.17, 15) is 19.2 Å². The van der Waals surface area contributed by atoms with E-state index in [1.807, 2.05) is 6.92 Å². The molecule has 0 aliphatic heterocycles. The molecule has 0 heterocycles. The summed E-state index contributed by atoms with van der Waals surface area (Å²) < 4.78 is 20.3. The van der Waals surface area contributed by atoms with Gasteiger partial charge in [0.2, 0.25) is 0 Å². The quantitative estimate of drug-likeness (QED) is 0.0839. The summed E-state index contributed by atoms with van der Waals surface area (Å²) in [6.07, 6.45) is 2.91. The van der Waals surface area contributed by atoms with Crippen LogP contribution in [0.2, 0.25) is 0 Å². The fourth-order valence-electron chi connectivity index (χ4n) is 2.27. The molecule has 0 amide bonds. The molecule has 34 heavy (non-hydrogen) atoms. The summed E-state index contributed by atoms with van der Waals surface area (Å²) in [5.41, 5.74) is -1.08. The summed E-state index contributed by atoms with van der Waals surface area (Å²) in [7, 11) is 0. The van der Waals surface area contributed by atoms with E-state index in [0.29, 0.717) is 25.7 Å². The van der Waals surface area contributed by atoms with Crippen LogP contribution in [0, 0.1) is 5.41 Å². The maximum atomic E-state index is 12.8. The topological polar surface area (TPSA) is 124 Å². The first kappa shape index (κ1) is 31.0. The van der Waals surface area contributed by atoms with Crippen LogP contribution in [0.3, 0.4) is 0 Å². The second-order valence-electron chi connectivity index (χ2n) is 8.20. The molecule has 0 rings (SSSR count). The number of carbonyl (C=O) groups excluding carboxylic acids is 4. The normalized spacial score (nSPS) is 12.3. The van der Waals surface area contributed by atoms with Gasteiger partial charge >= 0.3 is 23.9 Å². The number of rotatable bonds is 15. The molecule has 0 aromatic heterocycles. The molecule has 0 saturated carbocycles. The Kier molecular flexibility index (Phi) is 15.1. The highest BCUT2D eigenvalue weighted by molar-refractivity contribution is 6.00. The standard InChI is InChI=1S/C24H38O10/c1-8-12-29-18(25)16-17(21(26)30-13-9-2)33-34-20(23(28)32-15-11-4)19(24(5,6)7)22(27)31-14-10-3/h16H,8-15H2,1-7H3/b17-16+,20-19-. The van der Waals surface area contributed by atoms with Crippen molar-refractivity contribution in [2.75, 3.05) is 26.4 Å². The fourth-order valence-corrected chi connectivity index (χ4v) is 2.27. The highest BCUT2D eigenvalue weighted by atomic mass is 17.2. The molecule has 10 heteroatoms. The molecule has 0 aromatic rings. The van der Waals surface area contributed by atoms with Gasteiger partial charge in [-0.25, -0.2) is 19.2 Å². The number of esters is 4. The molecule has 0 atom stereocenters. The molecule has 0 spiro atoms. The van der Waals surface area contributed by atoms with E-state index in [1.165, 1.54) is 0 Å². The van der Waals surface area contributed by atoms with Crippen molar-refractivity contribution in [2.45, 2.75) is 74.1 Å². The minimum Gasteiger partial charge on any atom is -0.462 e. The number of hydrogen-bond donors (Lipinski definition) is 0. The van der Waals surface area contributed by atoms with Gasteiger partial charge in [0.25, 0.3) is 11.5 Å². The van der Waals surface area contributed by atoms with Crippen LogP contribution >= 0.6 is 0 Å². The third-order valence-electron chi connectivity index (χ3n) is 3.79. The first-order valence-electron chi connectivity index (χ1n) is 11.5. The van der Waals surface area contributed by atoms with Crippen LogP contribution in [0.25, 0.3) is 0 Å². The monoisotopic (exact) mass is 486 g/mol. The molecular weight excluding hydrogens is 448 g/mol. The van der Waals surface area contributed by atoms with Gasteiger partial charge in [0.1, 0.15) is 0 Å². The molecule has 0 saturated heterocycles. The van der Waals surface area contributed by atoms with Gasteiger partial charge in [-0.2, -0.15) is 0 Å². The lowest BCUT2D eigenvalue weighted by atomic mass is 9.85. The minimum absolute atomic E-state index is 0.0533. The molecule has 194 valence electrons. The molecule has 0 aliphatic rings. The summed E-state index contributed by atoms with van der Waals surface area (Å²) in [5, 5.41) is 0. The van der Waals surface area contributed by atoms with Crippen LogP contribution in [-0.2, 0) is 47.9 Å². The zero-order chi connectivity index (χ0) is 26.1. The van der Waals surface area contributed by atoms with Crippen molar-refractivity contribution in [1.29, 1.82) is 0 Å². The Morgan fingerprint density at radius 1 is 0.618 bits per heavy atom. The highest BCUT2D eigenvalue weighted by Gasteiger charge is 2.36. The predicted octanol–water partition coefficient (Wildman–Crippen LogP) is 3.93. The van der Waals surface area contributed by atoms with Crippen molar-refractivity contribution in [2.24, 2.45) is 5.41 Å². The highest BCUT2D eigenvalue weighted by Crippen LogP contribution is 2.31. The van der Waals surface area contributed by atoms with Crippen molar-refractivity contribution in [3.63, 3.8) is 0 Å². The lowest BCUT2D eigenvalue weighted by Crippen LogP contribution is -2.27. The predicted molar refractivity (Wildman–Crippen MR) is 122 cm³/mol. The van der Waals surface area contributed by atoms with Gasteiger partial charge in [-0.05, 0) is 31.1 Å². The maximum Gasteiger partial charge on any atom is 0.379 e. The average Bonchev–Trinajstić information content (AvgIpc) is 2.78. The van der Waals surface area contributed by atoms with Gasteiger partial charge in [0, 0.05) is 0 Å². The largest absolute Gasteiger partial charge is 0.462 e. The first-order valence-corrected chi connectivity index (χ1v) is 11.5. The third-order valence-corrected chi connectivity index (χ3v) is 3.79. The Morgan fingerprint density at radius 3 is 1.53 bits per heavy atom. The molecular formula is C24H38O10. The molecule has 0 aliphatic carbocycles. The Balaban J connectivity index is 6.25. The molecule has 0 unspecified atom stereocenters. The van der Waals surface area contributed by atoms with Gasteiger partial charge in [0.15, 0.2) is 0 Å².